The number of benzene rings is 3. The molecule has 11 heteroatoms. The van der Waals surface area contributed by atoms with E-state index >= 15 is 0 Å². The molecule has 1 N–H and O–H groups in total. The van der Waals surface area contributed by atoms with Crippen LogP contribution in [0.4, 0.5) is 30.7 Å². The molecule has 186 valence electrons. The lowest BCUT2D eigenvalue weighted by Gasteiger charge is -2.17. The standard InChI is InChI=1S/C24H18F7NO2S/c1-14(32-22(33)23(26,27)28)16-8-6-15(7-9-16)12-17-10-11-18(34-24(29,30)31)13-21(17)35-20-5-3-2-4-19(20)25/h2-11,13-14H,12H2,1H3,(H,32,33). The zero-order valence-corrected chi connectivity index (χ0v) is 18.8. The molecule has 0 spiro atoms. The molecule has 0 aliphatic carbocycles. The molecule has 35 heavy (non-hydrogen) atoms. The third kappa shape index (κ3) is 7.64. The van der Waals surface area contributed by atoms with Gasteiger partial charge >= 0.3 is 18.4 Å². The molecule has 0 saturated carbocycles. The average Bonchev–Trinajstić information content (AvgIpc) is 2.76. The Labute approximate surface area is 200 Å². The summed E-state index contributed by atoms with van der Waals surface area (Å²) in [5, 5.41) is 1.86. The molecule has 0 aromatic heterocycles. The predicted molar refractivity (Wildman–Crippen MR) is 116 cm³/mol. The second-order valence-corrected chi connectivity index (χ2v) is 8.54. The fourth-order valence-corrected chi connectivity index (χ4v) is 4.12. The van der Waals surface area contributed by atoms with Gasteiger partial charge in [-0.15, -0.1) is 13.2 Å². The number of halogens is 7. The Balaban J connectivity index is 1.83. The van der Waals surface area contributed by atoms with Gasteiger partial charge in [0.25, 0.3) is 0 Å². The van der Waals surface area contributed by atoms with Crippen molar-refractivity contribution in [1.82, 2.24) is 5.32 Å². The predicted octanol–water partition coefficient (Wildman–Crippen LogP) is 7.21. The highest BCUT2D eigenvalue weighted by Gasteiger charge is 2.39. The van der Waals surface area contributed by atoms with E-state index in [1.54, 1.807) is 30.3 Å². The van der Waals surface area contributed by atoms with Crippen LogP contribution in [-0.2, 0) is 11.2 Å². The average molecular weight is 517 g/mol. The van der Waals surface area contributed by atoms with Crippen molar-refractivity contribution in [3.63, 3.8) is 0 Å². The van der Waals surface area contributed by atoms with Gasteiger partial charge in [0, 0.05) is 9.79 Å². The third-order valence-electron chi connectivity index (χ3n) is 4.81. The molecule has 1 unspecified atom stereocenters. The van der Waals surface area contributed by atoms with Crippen molar-refractivity contribution >= 4 is 17.7 Å². The number of ether oxygens (including phenoxy) is 1. The van der Waals surface area contributed by atoms with Crippen molar-refractivity contribution in [3.8, 4) is 5.75 Å². The Morgan fingerprint density at radius 1 is 0.943 bits per heavy atom. The van der Waals surface area contributed by atoms with Crippen LogP contribution in [0.15, 0.2) is 76.5 Å². The summed E-state index contributed by atoms with van der Waals surface area (Å²) in [4.78, 5) is 11.7. The Bertz CT molecular complexity index is 1180. The molecule has 3 rings (SSSR count). The fraction of sp³-hybridized carbons (Fsp3) is 0.208. The van der Waals surface area contributed by atoms with E-state index in [1.807, 2.05) is 5.32 Å². The first-order valence-corrected chi connectivity index (χ1v) is 10.9. The summed E-state index contributed by atoms with van der Waals surface area (Å²) in [6.07, 6.45) is -9.65. The minimum Gasteiger partial charge on any atom is -0.406 e. The zero-order valence-electron chi connectivity index (χ0n) is 18.0. The quantitative estimate of drug-likeness (QED) is 0.337. The number of alkyl halides is 6. The van der Waals surface area contributed by atoms with Crippen molar-refractivity contribution < 1.29 is 40.3 Å². The first-order valence-electron chi connectivity index (χ1n) is 10.1. The van der Waals surface area contributed by atoms with Crippen LogP contribution in [0.2, 0.25) is 0 Å². The Morgan fingerprint density at radius 2 is 1.60 bits per heavy atom. The maximum absolute atomic E-state index is 14.2. The van der Waals surface area contributed by atoms with E-state index in [0.717, 1.165) is 17.8 Å². The van der Waals surface area contributed by atoms with Crippen LogP contribution in [0, 0.1) is 5.82 Å². The number of carbonyl (C=O) groups is 1. The normalized spacial score (nSPS) is 12.8. The molecule has 0 heterocycles. The van der Waals surface area contributed by atoms with E-state index in [2.05, 4.69) is 4.74 Å². The molecule has 0 radical (unpaired) electrons. The van der Waals surface area contributed by atoms with Gasteiger partial charge < -0.3 is 10.1 Å². The molecule has 3 aromatic carbocycles. The molecule has 0 aliphatic heterocycles. The van der Waals surface area contributed by atoms with Gasteiger partial charge in [-0.2, -0.15) is 13.2 Å². The highest BCUT2D eigenvalue weighted by atomic mass is 32.2. The van der Waals surface area contributed by atoms with Crippen LogP contribution < -0.4 is 10.1 Å². The second kappa shape index (κ2) is 10.6. The first kappa shape index (κ1) is 26.4. The van der Waals surface area contributed by atoms with Gasteiger partial charge in [0.15, 0.2) is 0 Å². The van der Waals surface area contributed by atoms with Gasteiger partial charge in [-0.05, 0) is 54.3 Å². The highest BCUT2D eigenvalue weighted by molar-refractivity contribution is 7.99. The van der Waals surface area contributed by atoms with Gasteiger partial charge in [0.2, 0.25) is 0 Å². The molecule has 1 atom stereocenters. The minimum atomic E-state index is -5.00. The summed E-state index contributed by atoms with van der Waals surface area (Å²) in [6.45, 7) is 1.40. The van der Waals surface area contributed by atoms with Gasteiger partial charge in [0.1, 0.15) is 11.6 Å². The van der Waals surface area contributed by atoms with Crippen molar-refractivity contribution in [2.45, 2.75) is 41.7 Å². The second-order valence-electron chi connectivity index (χ2n) is 7.46. The van der Waals surface area contributed by atoms with Gasteiger partial charge in [0.05, 0.1) is 6.04 Å². The lowest BCUT2D eigenvalue weighted by Crippen LogP contribution is -2.38. The van der Waals surface area contributed by atoms with Crippen LogP contribution in [0.5, 0.6) is 5.75 Å². The lowest BCUT2D eigenvalue weighted by atomic mass is 10.0. The van der Waals surface area contributed by atoms with Crippen LogP contribution in [0.3, 0.4) is 0 Å². The number of nitrogens with one attached hydrogen (secondary N) is 1. The molecule has 0 fully saturated rings. The number of carbonyl (C=O) groups excluding carboxylic acids is 1. The van der Waals surface area contributed by atoms with E-state index in [9.17, 15) is 35.5 Å². The highest BCUT2D eigenvalue weighted by Crippen LogP contribution is 2.37. The van der Waals surface area contributed by atoms with E-state index in [-0.39, 0.29) is 11.3 Å². The van der Waals surface area contributed by atoms with Crippen LogP contribution in [-0.4, -0.2) is 18.4 Å². The lowest BCUT2D eigenvalue weighted by molar-refractivity contribution is -0.274. The molecule has 3 nitrogen and oxygen atoms in total. The van der Waals surface area contributed by atoms with E-state index in [0.29, 0.717) is 21.6 Å². The summed E-state index contributed by atoms with van der Waals surface area (Å²) in [6, 6.07) is 15.0. The smallest absolute Gasteiger partial charge is 0.406 e. The van der Waals surface area contributed by atoms with Crippen LogP contribution in [0.1, 0.15) is 29.7 Å². The van der Waals surface area contributed by atoms with Crippen LogP contribution in [0.25, 0.3) is 0 Å². The molecule has 1 amide bonds. The summed E-state index contributed by atoms with van der Waals surface area (Å²) in [7, 11) is 0. The van der Waals surface area contributed by atoms with Crippen molar-refractivity contribution in [1.29, 1.82) is 0 Å². The molecular weight excluding hydrogens is 499 g/mol. The van der Waals surface area contributed by atoms with Crippen molar-refractivity contribution in [2.75, 3.05) is 0 Å². The molecule has 0 bridgehead atoms. The maximum Gasteiger partial charge on any atom is 0.573 e. The first-order chi connectivity index (χ1) is 16.3. The topological polar surface area (TPSA) is 38.3 Å². The zero-order chi connectivity index (χ0) is 25.8. The largest absolute Gasteiger partial charge is 0.573 e. The summed E-state index contributed by atoms with van der Waals surface area (Å²) in [5.74, 6) is -3.04. The van der Waals surface area contributed by atoms with E-state index in [1.165, 1.54) is 37.3 Å². The summed E-state index contributed by atoms with van der Waals surface area (Å²) in [5.41, 5.74) is 1.71. The Kier molecular flexibility index (Phi) is 7.99. The molecular formula is C24H18F7NO2S. The van der Waals surface area contributed by atoms with Gasteiger partial charge in [-0.1, -0.05) is 54.2 Å². The number of hydrogen-bond acceptors (Lipinski definition) is 3. The summed E-state index contributed by atoms with van der Waals surface area (Å²) >= 11 is 0.941. The fourth-order valence-electron chi connectivity index (χ4n) is 3.12. The minimum absolute atomic E-state index is 0.211. The van der Waals surface area contributed by atoms with Crippen molar-refractivity contribution in [3.05, 3.63) is 89.2 Å². The number of hydrogen-bond donors (Lipinski definition) is 1. The van der Waals surface area contributed by atoms with Crippen molar-refractivity contribution in [2.24, 2.45) is 0 Å². The number of rotatable bonds is 7. The maximum atomic E-state index is 14.2. The third-order valence-corrected chi connectivity index (χ3v) is 5.96. The number of amides is 1. The van der Waals surface area contributed by atoms with Gasteiger partial charge in [-0.25, -0.2) is 4.39 Å². The molecule has 0 saturated heterocycles. The molecule has 3 aromatic rings. The van der Waals surface area contributed by atoms with E-state index in [4.69, 9.17) is 0 Å². The monoisotopic (exact) mass is 517 g/mol. The molecule has 0 aliphatic rings. The van der Waals surface area contributed by atoms with Crippen LogP contribution >= 0.6 is 11.8 Å². The Hall–Kier alpha value is -3.21. The van der Waals surface area contributed by atoms with E-state index < -0.39 is 36.1 Å². The summed E-state index contributed by atoms with van der Waals surface area (Å²) < 4.78 is 93.6. The SMILES string of the molecule is CC(NC(=O)C(F)(F)F)c1ccc(Cc2ccc(OC(F)(F)F)cc2Sc2ccccc2F)cc1. The van der Waals surface area contributed by atoms with Gasteiger partial charge in [-0.3, -0.25) is 4.79 Å². The Morgan fingerprint density at radius 3 is 2.20 bits per heavy atom.